The maximum absolute atomic E-state index is 13.1. The first-order valence-electron chi connectivity index (χ1n) is 6.63. The largest absolute Gasteiger partial charge is 0.292 e. The molecule has 0 saturated carbocycles. The Morgan fingerprint density at radius 1 is 1.14 bits per heavy atom. The van der Waals surface area contributed by atoms with E-state index < -0.39 is 0 Å². The van der Waals surface area contributed by atoms with Crippen LogP contribution in [0.25, 0.3) is 11.0 Å². The molecular formula is C17H13FN2O. The van der Waals surface area contributed by atoms with Crippen molar-refractivity contribution in [3.8, 4) is 0 Å². The lowest BCUT2D eigenvalue weighted by molar-refractivity contribution is 0.0988. The molecule has 3 nitrogen and oxygen atoms in total. The summed E-state index contributed by atoms with van der Waals surface area (Å²) in [4.78, 5) is 20.9. The second-order valence-corrected chi connectivity index (χ2v) is 4.91. The highest BCUT2D eigenvalue weighted by molar-refractivity contribution is 5.97. The lowest BCUT2D eigenvalue weighted by Gasteiger charge is -2.05. The summed E-state index contributed by atoms with van der Waals surface area (Å²) in [6, 6.07) is 11.8. The SMILES string of the molecule is Cc1cc(F)ccc1CC(=O)c1cnc2ccccc2n1. The van der Waals surface area contributed by atoms with Gasteiger partial charge < -0.3 is 0 Å². The van der Waals surface area contributed by atoms with Crippen LogP contribution in [0, 0.1) is 12.7 Å². The second kappa shape index (κ2) is 5.40. The number of ketones is 1. The molecule has 0 atom stereocenters. The number of nitrogens with zero attached hydrogens (tertiary/aromatic N) is 2. The number of carbonyl (C=O) groups is 1. The Balaban J connectivity index is 1.89. The van der Waals surface area contributed by atoms with E-state index in [4.69, 9.17) is 0 Å². The molecule has 3 rings (SSSR count). The van der Waals surface area contributed by atoms with Gasteiger partial charge in [0.1, 0.15) is 11.5 Å². The Hall–Kier alpha value is -2.62. The number of carbonyl (C=O) groups excluding carboxylic acids is 1. The third-order valence-corrected chi connectivity index (χ3v) is 3.39. The molecule has 0 fully saturated rings. The third kappa shape index (κ3) is 2.79. The van der Waals surface area contributed by atoms with Gasteiger partial charge in [-0.2, -0.15) is 0 Å². The highest BCUT2D eigenvalue weighted by Crippen LogP contribution is 2.14. The molecule has 0 N–H and O–H groups in total. The van der Waals surface area contributed by atoms with Crippen LogP contribution in [0.1, 0.15) is 21.6 Å². The number of para-hydroxylation sites is 2. The van der Waals surface area contributed by atoms with Gasteiger partial charge in [-0.15, -0.1) is 0 Å². The van der Waals surface area contributed by atoms with Crippen LogP contribution in [0.3, 0.4) is 0 Å². The summed E-state index contributed by atoms with van der Waals surface area (Å²) in [5.41, 5.74) is 3.34. The lowest BCUT2D eigenvalue weighted by atomic mass is 10.0. The summed E-state index contributed by atoms with van der Waals surface area (Å²) in [7, 11) is 0. The molecule has 0 amide bonds. The Morgan fingerprint density at radius 3 is 2.67 bits per heavy atom. The molecule has 21 heavy (non-hydrogen) atoms. The van der Waals surface area contributed by atoms with Crippen molar-refractivity contribution in [2.45, 2.75) is 13.3 Å². The predicted octanol–water partition coefficient (Wildman–Crippen LogP) is 3.50. The van der Waals surface area contributed by atoms with Crippen LogP contribution in [0.15, 0.2) is 48.7 Å². The molecule has 0 saturated heterocycles. The molecule has 2 aromatic carbocycles. The maximum Gasteiger partial charge on any atom is 0.187 e. The molecule has 0 bridgehead atoms. The van der Waals surface area contributed by atoms with Crippen molar-refractivity contribution in [2.75, 3.05) is 0 Å². The van der Waals surface area contributed by atoms with Crippen molar-refractivity contribution in [3.05, 3.63) is 71.3 Å². The van der Waals surface area contributed by atoms with Crippen LogP contribution in [0.5, 0.6) is 0 Å². The van der Waals surface area contributed by atoms with E-state index in [1.54, 1.807) is 13.0 Å². The van der Waals surface area contributed by atoms with Crippen LogP contribution < -0.4 is 0 Å². The van der Waals surface area contributed by atoms with Gasteiger partial charge in [0.25, 0.3) is 0 Å². The lowest BCUT2D eigenvalue weighted by Crippen LogP contribution is -2.08. The minimum Gasteiger partial charge on any atom is -0.292 e. The fourth-order valence-corrected chi connectivity index (χ4v) is 2.21. The number of hydrogen-bond donors (Lipinski definition) is 0. The summed E-state index contributed by atoms with van der Waals surface area (Å²) in [6.07, 6.45) is 1.68. The predicted molar refractivity (Wildman–Crippen MR) is 78.7 cm³/mol. The van der Waals surface area contributed by atoms with E-state index in [1.807, 2.05) is 24.3 Å². The van der Waals surface area contributed by atoms with Crippen molar-refractivity contribution in [2.24, 2.45) is 0 Å². The van der Waals surface area contributed by atoms with Gasteiger partial charge in [-0.05, 0) is 42.3 Å². The number of fused-ring (bicyclic) bond motifs is 1. The molecule has 0 aliphatic carbocycles. The van der Waals surface area contributed by atoms with E-state index in [1.165, 1.54) is 18.3 Å². The zero-order valence-electron chi connectivity index (χ0n) is 11.5. The summed E-state index contributed by atoms with van der Waals surface area (Å²) in [5, 5.41) is 0. The van der Waals surface area contributed by atoms with E-state index in [9.17, 15) is 9.18 Å². The molecule has 104 valence electrons. The number of hydrogen-bond acceptors (Lipinski definition) is 3. The van der Waals surface area contributed by atoms with Gasteiger partial charge in [0.15, 0.2) is 5.78 Å². The molecule has 0 radical (unpaired) electrons. The van der Waals surface area contributed by atoms with Crippen molar-refractivity contribution < 1.29 is 9.18 Å². The van der Waals surface area contributed by atoms with Gasteiger partial charge in [-0.25, -0.2) is 9.37 Å². The van der Waals surface area contributed by atoms with Crippen LogP contribution >= 0.6 is 0 Å². The first kappa shape index (κ1) is 13.4. The van der Waals surface area contributed by atoms with E-state index in [-0.39, 0.29) is 18.0 Å². The zero-order chi connectivity index (χ0) is 14.8. The highest BCUT2D eigenvalue weighted by Gasteiger charge is 2.12. The topological polar surface area (TPSA) is 42.9 Å². The molecule has 1 heterocycles. The second-order valence-electron chi connectivity index (χ2n) is 4.91. The molecule has 0 spiro atoms. The molecule has 0 aliphatic rings. The minimum absolute atomic E-state index is 0.122. The Morgan fingerprint density at radius 2 is 1.90 bits per heavy atom. The van der Waals surface area contributed by atoms with Crippen LogP contribution in [-0.2, 0) is 6.42 Å². The van der Waals surface area contributed by atoms with Gasteiger partial charge in [-0.3, -0.25) is 9.78 Å². The fourth-order valence-electron chi connectivity index (χ4n) is 2.21. The Kier molecular flexibility index (Phi) is 3.44. The van der Waals surface area contributed by atoms with E-state index in [0.29, 0.717) is 11.2 Å². The Bertz CT molecular complexity index is 830. The molecule has 3 aromatic rings. The molecule has 0 aliphatic heterocycles. The van der Waals surface area contributed by atoms with Crippen molar-refractivity contribution >= 4 is 16.8 Å². The summed E-state index contributed by atoms with van der Waals surface area (Å²) in [5.74, 6) is -0.419. The molecule has 0 unspecified atom stereocenters. The summed E-state index contributed by atoms with van der Waals surface area (Å²) >= 11 is 0. The number of halogens is 1. The highest BCUT2D eigenvalue weighted by atomic mass is 19.1. The van der Waals surface area contributed by atoms with Gasteiger partial charge in [0.05, 0.1) is 17.2 Å². The van der Waals surface area contributed by atoms with Gasteiger partial charge in [0, 0.05) is 6.42 Å². The van der Waals surface area contributed by atoms with Gasteiger partial charge >= 0.3 is 0 Å². The van der Waals surface area contributed by atoms with Crippen LogP contribution in [0.4, 0.5) is 4.39 Å². The summed E-state index contributed by atoms with van der Waals surface area (Å²) in [6.45, 7) is 1.79. The van der Waals surface area contributed by atoms with Crippen molar-refractivity contribution in [3.63, 3.8) is 0 Å². The maximum atomic E-state index is 13.1. The third-order valence-electron chi connectivity index (χ3n) is 3.39. The number of Topliss-reactive ketones (excluding diaryl/α,β-unsaturated/α-hetero) is 1. The van der Waals surface area contributed by atoms with Crippen LogP contribution in [-0.4, -0.2) is 15.8 Å². The molecular weight excluding hydrogens is 267 g/mol. The van der Waals surface area contributed by atoms with E-state index >= 15 is 0 Å². The monoisotopic (exact) mass is 280 g/mol. The first-order chi connectivity index (χ1) is 10.1. The Labute approximate surface area is 121 Å². The number of rotatable bonds is 3. The summed E-state index contributed by atoms with van der Waals surface area (Å²) < 4.78 is 13.1. The van der Waals surface area contributed by atoms with Crippen LogP contribution in [0.2, 0.25) is 0 Å². The number of aromatic nitrogens is 2. The fraction of sp³-hybridized carbons (Fsp3) is 0.118. The number of benzene rings is 2. The molecule has 4 heteroatoms. The quantitative estimate of drug-likeness (QED) is 0.690. The first-order valence-corrected chi connectivity index (χ1v) is 6.63. The smallest absolute Gasteiger partial charge is 0.187 e. The number of aryl methyl sites for hydroxylation is 1. The minimum atomic E-state index is -0.297. The van der Waals surface area contributed by atoms with Gasteiger partial charge in [-0.1, -0.05) is 18.2 Å². The normalized spacial score (nSPS) is 10.8. The van der Waals surface area contributed by atoms with E-state index in [0.717, 1.165) is 16.6 Å². The zero-order valence-corrected chi connectivity index (χ0v) is 11.5. The average molecular weight is 280 g/mol. The van der Waals surface area contributed by atoms with Gasteiger partial charge in [0.2, 0.25) is 0 Å². The van der Waals surface area contributed by atoms with Crippen molar-refractivity contribution in [1.29, 1.82) is 0 Å². The standard InChI is InChI=1S/C17H13FN2O/c1-11-8-13(18)7-6-12(11)9-17(21)16-10-19-14-4-2-3-5-15(14)20-16/h2-8,10H,9H2,1H3. The van der Waals surface area contributed by atoms with Crippen molar-refractivity contribution in [1.82, 2.24) is 9.97 Å². The van der Waals surface area contributed by atoms with E-state index in [2.05, 4.69) is 9.97 Å². The average Bonchev–Trinajstić information content (AvgIpc) is 2.49. The molecule has 1 aromatic heterocycles.